The minimum atomic E-state index is -0.271. The first kappa shape index (κ1) is 9.85. The molecular weight excluding hydrogens is 195 g/mol. The van der Waals surface area contributed by atoms with Gasteiger partial charge in [-0.3, -0.25) is 4.79 Å². The summed E-state index contributed by atoms with van der Waals surface area (Å²) < 4.78 is 21.2. The normalized spacial score (nSPS) is 9.38. The molecule has 13 heavy (non-hydrogen) atoms. The fourth-order valence-electron chi connectivity index (χ4n) is 0.860. The second kappa shape index (κ2) is 4.71. The van der Waals surface area contributed by atoms with E-state index in [2.05, 4.69) is 4.18 Å². The van der Waals surface area contributed by atoms with E-state index in [4.69, 9.17) is 4.74 Å². The molecule has 1 aromatic carbocycles. The molecule has 0 radical (unpaired) electrons. The van der Waals surface area contributed by atoms with Crippen LogP contribution in [0.3, 0.4) is 0 Å². The number of halogens is 1. The molecule has 0 fully saturated rings. The summed E-state index contributed by atoms with van der Waals surface area (Å²) in [5.74, 6) is 0.579. The largest absolute Gasteiger partial charge is 0.493 e. The summed E-state index contributed by atoms with van der Waals surface area (Å²) in [6, 6.07) is 4.45. The van der Waals surface area contributed by atoms with E-state index in [-0.39, 0.29) is 18.2 Å². The molecule has 70 valence electrons. The summed E-state index contributed by atoms with van der Waals surface area (Å²) >= 11 is -0.271. The Morgan fingerprint density at radius 2 is 2.23 bits per heavy atom. The highest BCUT2D eigenvalue weighted by Crippen LogP contribution is 2.30. The number of methoxy groups -OCH3 is 1. The average molecular weight is 202 g/mol. The van der Waals surface area contributed by atoms with E-state index in [1.165, 1.54) is 25.3 Å². The third-order valence-electron chi connectivity index (χ3n) is 1.45. The number of aldehydes is 1. The number of benzene rings is 1. The molecule has 0 unspecified atom stereocenters. The molecular formula is C8H7FO3S. The van der Waals surface area contributed by atoms with Gasteiger partial charge in [0.05, 0.1) is 7.11 Å². The molecule has 0 aliphatic rings. The van der Waals surface area contributed by atoms with Crippen molar-refractivity contribution in [3.63, 3.8) is 0 Å². The van der Waals surface area contributed by atoms with Crippen LogP contribution in [0, 0.1) is 0 Å². The van der Waals surface area contributed by atoms with Gasteiger partial charge in [0.25, 0.3) is 12.4 Å². The van der Waals surface area contributed by atoms with Gasteiger partial charge in [0.1, 0.15) is 6.29 Å². The minimum Gasteiger partial charge on any atom is -0.493 e. The van der Waals surface area contributed by atoms with Gasteiger partial charge in [0.15, 0.2) is 11.5 Å². The van der Waals surface area contributed by atoms with Crippen LogP contribution in [0.25, 0.3) is 0 Å². The molecule has 0 saturated heterocycles. The molecule has 1 aromatic rings. The summed E-state index contributed by atoms with van der Waals surface area (Å²) in [6.07, 6.45) is 0.675. The van der Waals surface area contributed by atoms with Crippen molar-refractivity contribution >= 4 is 18.7 Å². The van der Waals surface area contributed by atoms with Crippen molar-refractivity contribution in [2.75, 3.05) is 7.11 Å². The lowest BCUT2D eigenvalue weighted by Crippen LogP contribution is -1.89. The number of hydrogen-bond acceptors (Lipinski definition) is 4. The minimum absolute atomic E-state index is 0.251. The van der Waals surface area contributed by atoms with Crippen molar-refractivity contribution in [1.29, 1.82) is 0 Å². The Bertz CT molecular complexity index is 303. The van der Waals surface area contributed by atoms with Crippen LogP contribution in [0.2, 0.25) is 0 Å². The van der Waals surface area contributed by atoms with E-state index < -0.39 is 0 Å². The van der Waals surface area contributed by atoms with E-state index in [0.717, 1.165) is 0 Å². The van der Waals surface area contributed by atoms with Crippen molar-refractivity contribution in [1.82, 2.24) is 0 Å². The highest BCUT2D eigenvalue weighted by Gasteiger charge is 2.05. The SMILES string of the molecule is COc1cc(C=O)ccc1OSF. The maximum atomic E-state index is 11.7. The summed E-state index contributed by atoms with van der Waals surface area (Å²) in [6.45, 7) is 0. The van der Waals surface area contributed by atoms with Crippen LogP contribution in [0.4, 0.5) is 3.89 Å². The monoisotopic (exact) mass is 202 g/mol. The molecule has 0 N–H and O–H groups in total. The van der Waals surface area contributed by atoms with Gasteiger partial charge in [-0.05, 0) is 18.2 Å². The first-order chi connectivity index (χ1) is 6.31. The third-order valence-corrected chi connectivity index (χ3v) is 1.69. The molecule has 1 rings (SSSR count). The zero-order chi connectivity index (χ0) is 9.68. The van der Waals surface area contributed by atoms with E-state index in [1.807, 2.05) is 0 Å². The second-order valence-electron chi connectivity index (χ2n) is 2.17. The number of ether oxygens (including phenoxy) is 1. The van der Waals surface area contributed by atoms with Gasteiger partial charge in [-0.1, -0.05) is 0 Å². The van der Waals surface area contributed by atoms with Crippen molar-refractivity contribution in [3.05, 3.63) is 23.8 Å². The smallest absolute Gasteiger partial charge is 0.272 e. The molecule has 0 saturated carbocycles. The fourth-order valence-corrected chi connectivity index (χ4v) is 1.07. The fraction of sp³-hybridized carbons (Fsp3) is 0.125. The van der Waals surface area contributed by atoms with Crippen molar-refractivity contribution in [2.24, 2.45) is 0 Å². The van der Waals surface area contributed by atoms with Gasteiger partial charge in [0.2, 0.25) is 0 Å². The summed E-state index contributed by atoms with van der Waals surface area (Å²) in [5, 5.41) is 0. The Morgan fingerprint density at radius 3 is 2.77 bits per heavy atom. The summed E-state index contributed by atoms with van der Waals surface area (Å²) in [7, 11) is 1.42. The Labute approximate surface area is 79.3 Å². The Hall–Kier alpha value is -1.23. The van der Waals surface area contributed by atoms with Crippen LogP contribution in [0.1, 0.15) is 10.4 Å². The van der Waals surface area contributed by atoms with Gasteiger partial charge in [-0.2, -0.15) is 0 Å². The Morgan fingerprint density at radius 1 is 1.46 bits per heavy atom. The van der Waals surface area contributed by atoms with E-state index in [1.54, 1.807) is 0 Å². The highest BCUT2D eigenvalue weighted by molar-refractivity contribution is 7.89. The first-order valence-electron chi connectivity index (χ1n) is 3.40. The predicted molar refractivity (Wildman–Crippen MR) is 47.7 cm³/mol. The van der Waals surface area contributed by atoms with Gasteiger partial charge in [-0.15, -0.1) is 3.89 Å². The van der Waals surface area contributed by atoms with Crippen LogP contribution in [0.15, 0.2) is 18.2 Å². The van der Waals surface area contributed by atoms with Gasteiger partial charge < -0.3 is 8.92 Å². The standard InChI is InChI=1S/C8H7FO3S/c1-11-8-4-6(5-10)2-3-7(8)12-13-9/h2-5H,1H3. The van der Waals surface area contributed by atoms with Crippen molar-refractivity contribution < 1.29 is 17.6 Å². The lowest BCUT2D eigenvalue weighted by Gasteiger charge is -2.05. The van der Waals surface area contributed by atoms with Crippen LogP contribution >= 0.6 is 12.4 Å². The Balaban J connectivity index is 3.00. The number of carbonyl (C=O) groups is 1. The zero-order valence-corrected chi connectivity index (χ0v) is 7.64. The molecule has 0 amide bonds. The van der Waals surface area contributed by atoms with E-state index >= 15 is 0 Å². The van der Waals surface area contributed by atoms with Crippen molar-refractivity contribution in [2.45, 2.75) is 0 Å². The third kappa shape index (κ3) is 2.35. The topological polar surface area (TPSA) is 35.5 Å². The highest BCUT2D eigenvalue weighted by atomic mass is 32.2. The molecule has 0 bridgehead atoms. The molecule has 0 aliphatic heterocycles. The molecule has 5 heteroatoms. The Kier molecular flexibility index (Phi) is 3.57. The molecule has 0 spiro atoms. The molecule has 0 heterocycles. The van der Waals surface area contributed by atoms with E-state index in [0.29, 0.717) is 17.6 Å². The molecule has 3 nitrogen and oxygen atoms in total. The first-order valence-corrected chi connectivity index (χ1v) is 4.04. The lowest BCUT2D eigenvalue weighted by atomic mass is 10.2. The lowest BCUT2D eigenvalue weighted by molar-refractivity contribution is 0.112. The van der Waals surface area contributed by atoms with Gasteiger partial charge >= 0.3 is 0 Å². The van der Waals surface area contributed by atoms with Gasteiger partial charge in [-0.25, -0.2) is 0 Å². The quantitative estimate of drug-likeness (QED) is 0.555. The number of hydrogen-bond donors (Lipinski definition) is 0. The summed E-state index contributed by atoms with van der Waals surface area (Å²) in [4.78, 5) is 10.4. The molecule has 0 aliphatic carbocycles. The van der Waals surface area contributed by atoms with E-state index in [9.17, 15) is 8.68 Å². The van der Waals surface area contributed by atoms with Crippen LogP contribution in [-0.4, -0.2) is 13.4 Å². The molecule has 0 atom stereocenters. The summed E-state index contributed by atoms with van der Waals surface area (Å²) in [5.41, 5.74) is 0.452. The van der Waals surface area contributed by atoms with Crippen LogP contribution in [0.5, 0.6) is 11.5 Å². The van der Waals surface area contributed by atoms with Crippen LogP contribution < -0.4 is 8.92 Å². The predicted octanol–water partition coefficient (Wildman–Crippen LogP) is 2.42. The van der Waals surface area contributed by atoms with Crippen molar-refractivity contribution in [3.8, 4) is 11.5 Å². The second-order valence-corrected chi connectivity index (χ2v) is 2.47. The maximum absolute atomic E-state index is 11.7. The number of rotatable bonds is 4. The maximum Gasteiger partial charge on any atom is 0.272 e. The van der Waals surface area contributed by atoms with Crippen LogP contribution in [-0.2, 0) is 0 Å². The average Bonchev–Trinajstić information content (AvgIpc) is 2.19. The van der Waals surface area contributed by atoms with Gasteiger partial charge in [0, 0.05) is 5.56 Å². The number of carbonyl (C=O) groups excluding carboxylic acids is 1. The zero-order valence-electron chi connectivity index (χ0n) is 6.82. The molecule has 0 aromatic heterocycles.